The molecule has 0 aliphatic heterocycles. The number of hydrogen-bond donors (Lipinski definition) is 1. The Kier molecular flexibility index (Phi) is 7.95. The van der Waals surface area contributed by atoms with Crippen molar-refractivity contribution in [3.8, 4) is 28.4 Å². The van der Waals surface area contributed by atoms with Crippen LogP contribution in [0.5, 0.6) is 17.2 Å². The van der Waals surface area contributed by atoms with E-state index in [0.717, 1.165) is 39.8 Å². The summed E-state index contributed by atoms with van der Waals surface area (Å²) in [6.07, 6.45) is 4.09. The molecule has 0 bridgehead atoms. The van der Waals surface area contributed by atoms with Gasteiger partial charge in [0, 0.05) is 40.8 Å². The number of nitrogens with one attached hydrogen (secondary N) is 1. The Morgan fingerprint density at radius 2 is 1.78 bits per heavy atom. The number of rotatable bonds is 10. The van der Waals surface area contributed by atoms with Gasteiger partial charge in [-0.25, -0.2) is 0 Å². The summed E-state index contributed by atoms with van der Waals surface area (Å²) in [4.78, 5) is 12.7. The molecule has 1 N–H and O–H groups in total. The van der Waals surface area contributed by atoms with Crippen molar-refractivity contribution in [1.29, 1.82) is 0 Å². The van der Waals surface area contributed by atoms with Gasteiger partial charge in [0.25, 0.3) is 0 Å². The molecule has 4 rings (SSSR count). The smallest absolute Gasteiger partial charge is 0.244 e. The van der Waals surface area contributed by atoms with E-state index in [0.29, 0.717) is 30.2 Å². The van der Waals surface area contributed by atoms with Crippen LogP contribution in [0.15, 0.2) is 77.4 Å². The minimum atomic E-state index is -0.146. The van der Waals surface area contributed by atoms with Gasteiger partial charge in [-0.15, -0.1) is 0 Å². The van der Waals surface area contributed by atoms with Crippen LogP contribution in [0.2, 0.25) is 0 Å². The minimum Gasteiger partial charge on any atom is -0.497 e. The molecule has 3 aromatic carbocycles. The summed E-state index contributed by atoms with van der Waals surface area (Å²) < 4.78 is 22.8. The number of furan rings is 1. The Hall–Kier alpha value is -4.19. The summed E-state index contributed by atoms with van der Waals surface area (Å²) >= 11 is 0. The Balaban J connectivity index is 1.66. The number of hydrogen-bond acceptors (Lipinski definition) is 5. The molecule has 0 aliphatic rings. The molecule has 0 atom stereocenters. The van der Waals surface area contributed by atoms with E-state index < -0.39 is 0 Å². The van der Waals surface area contributed by atoms with Crippen LogP contribution < -0.4 is 19.5 Å². The van der Waals surface area contributed by atoms with Gasteiger partial charge in [0.1, 0.15) is 22.8 Å². The summed E-state index contributed by atoms with van der Waals surface area (Å²) in [6, 6.07) is 19.6. The average molecular weight is 486 g/mol. The van der Waals surface area contributed by atoms with Crippen LogP contribution in [0.3, 0.4) is 0 Å². The quantitative estimate of drug-likeness (QED) is 0.268. The lowest BCUT2D eigenvalue weighted by atomic mass is 9.98. The molecule has 6 heteroatoms. The molecule has 0 fully saturated rings. The first-order valence-electron chi connectivity index (χ1n) is 11.9. The Bertz CT molecular complexity index is 1370. The average Bonchev–Trinajstić information content (AvgIpc) is 3.31. The van der Waals surface area contributed by atoms with E-state index in [9.17, 15) is 4.79 Å². The van der Waals surface area contributed by atoms with Crippen LogP contribution in [0.25, 0.3) is 27.7 Å². The molecule has 0 aliphatic carbocycles. The van der Waals surface area contributed by atoms with Crippen molar-refractivity contribution < 1.29 is 23.4 Å². The number of methoxy groups -OCH3 is 2. The predicted octanol–water partition coefficient (Wildman–Crippen LogP) is 6.28. The number of benzene rings is 3. The molecule has 1 heterocycles. The van der Waals surface area contributed by atoms with Crippen LogP contribution in [-0.2, 0) is 11.2 Å². The van der Waals surface area contributed by atoms with Gasteiger partial charge in [-0.05, 0) is 55.7 Å². The third kappa shape index (κ3) is 5.54. The van der Waals surface area contributed by atoms with Crippen molar-refractivity contribution in [2.24, 2.45) is 0 Å². The molecular weight excluding hydrogens is 454 g/mol. The van der Waals surface area contributed by atoms with E-state index in [1.165, 1.54) is 5.56 Å². The Morgan fingerprint density at radius 3 is 2.50 bits per heavy atom. The van der Waals surface area contributed by atoms with Gasteiger partial charge in [-0.2, -0.15) is 0 Å². The van der Waals surface area contributed by atoms with Crippen molar-refractivity contribution in [2.75, 3.05) is 27.4 Å². The van der Waals surface area contributed by atoms with Crippen LogP contribution in [0, 0.1) is 0 Å². The van der Waals surface area contributed by atoms with Gasteiger partial charge < -0.3 is 23.9 Å². The fourth-order valence-corrected chi connectivity index (χ4v) is 4.17. The zero-order valence-corrected chi connectivity index (χ0v) is 21.1. The second-order valence-corrected chi connectivity index (χ2v) is 8.35. The van der Waals surface area contributed by atoms with Gasteiger partial charge in [0.15, 0.2) is 0 Å². The lowest BCUT2D eigenvalue weighted by molar-refractivity contribution is -0.116. The number of allylic oxidation sites excluding steroid dienone is 1. The van der Waals surface area contributed by atoms with Gasteiger partial charge >= 0.3 is 0 Å². The predicted molar refractivity (Wildman–Crippen MR) is 143 cm³/mol. The molecule has 0 radical (unpaired) electrons. The Morgan fingerprint density at radius 1 is 0.972 bits per heavy atom. The first-order valence-corrected chi connectivity index (χ1v) is 11.9. The number of amides is 1. The maximum atomic E-state index is 12.7. The van der Waals surface area contributed by atoms with Crippen LogP contribution in [-0.4, -0.2) is 33.3 Å². The molecule has 186 valence electrons. The van der Waals surface area contributed by atoms with Gasteiger partial charge in [-0.1, -0.05) is 30.3 Å². The van der Waals surface area contributed by atoms with E-state index >= 15 is 0 Å². The van der Waals surface area contributed by atoms with Crippen molar-refractivity contribution in [3.63, 3.8) is 0 Å². The summed E-state index contributed by atoms with van der Waals surface area (Å²) in [5.74, 6) is 1.94. The highest BCUT2D eigenvalue weighted by atomic mass is 16.5. The monoisotopic (exact) mass is 485 g/mol. The first kappa shape index (κ1) is 24.9. The zero-order chi connectivity index (χ0) is 25.5. The van der Waals surface area contributed by atoms with E-state index in [4.69, 9.17) is 18.6 Å². The summed E-state index contributed by atoms with van der Waals surface area (Å²) in [5.41, 5.74) is 5.20. The number of fused-ring (bicyclic) bond motifs is 1. The van der Waals surface area contributed by atoms with Gasteiger partial charge in [0.2, 0.25) is 5.91 Å². The van der Waals surface area contributed by atoms with Crippen molar-refractivity contribution in [2.45, 2.75) is 20.3 Å². The van der Waals surface area contributed by atoms with Crippen LogP contribution >= 0.6 is 0 Å². The fraction of sp³-hybridized carbons (Fsp3) is 0.233. The minimum absolute atomic E-state index is 0.146. The molecule has 1 aromatic heterocycles. The highest BCUT2D eigenvalue weighted by Crippen LogP contribution is 2.41. The third-order valence-electron chi connectivity index (χ3n) is 6.00. The summed E-state index contributed by atoms with van der Waals surface area (Å²) in [7, 11) is 3.26. The maximum absolute atomic E-state index is 12.7. The van der Waals surface area contributed by atoms with Crippen LogP contribution in [0.4, 0.5) is 0 Å². The molecule has 36 heavy (non-hydrogen) atoms. The SMILES string of the molecule is CCOc1cc2occ(-c3cc(OC)ccc3OC)c2cc1/C(C)=C/C(=O)NCCc1ccccc1. The highest BCUT2D eigenvalue weighted by Gasteiger charge is 2.18. The summed E-state index contributed by atoms with van der Waals surface area (Å²) in [5, 5.41) is 3.86. The molecular formula is C30H31NO5. The number of carbonyl (C=O) groups excluding carboxylic acids is 1. The van der Waals surface area contributed by atoms with Gasteiger partial charge in [-0.3, -0.25) is 4.79 Å². The largest absolute Gasteiger partial charge is 0.497 e. The lowest BCUT2D eigenvalue weighted by Gasteiger charge is -2.13. The van der Waals surface area contributed by atoms with Gasteiger partial charge in [0.05, 0.1) is 27.1 Å². The maximum Gasteiger partial charge on any atom is 0.244 e. The lowest BCUT2D eigenvalue weighted by Crippen LogP contribution is -2.23. The Labute approximate surface area is 211 Å². The van der Waals surface area contributed by atoms with Crippen molar-refractivity contribution in [3.05, 3.63) is 84.1 Å². The molecule has 0 unspecified atom stereocenters. The molecule has 4 aromatic rings. The molecule has 0 saturated carbocycles. The molecule has 0 spiro atoms. The topological polar surface area (TPSA) is 69.9 Å². The fourth-order valence-electron chi connectivity index (χ4n) is 4.17. The molecule has 6 nitrogen and oxygen atoms in total. The normalized spacial score (nSPS) is 11.4. The van der Waals surface area contributed by atoms with Crippen LogP contribution in [0.1, 0.15) is 25.0 Å². The van der Waals surface area contributed by atoms with Crippen molar-refractivity contribution in [1.82, 2.24) is 5.32 Å². The van der Waals surface area contributed by atoms with E-state index in [1.807, 2.05) is 62.4 Å². The standard InChI is InChI=1S/C30H31NO5/c1-5-35-28-18-29-25(26(19-36-29)24-16-22(33-3)11-12-27(24)34-4)17-23(28)20(2)15-30(32)31-14-13-21-9-7-6-8-10-21/h6-12,15-19H,5,13-14H2,1-4H3,(H,31,32)/b20-15+. The third-order valence-corrected chi connectivity index (χ3v) is 6.00. The second kappa shape index (κ2) is 11.5. The number of carbonyl (C=O) groups is 1. The highest BCUT2D eigenvalue weighted by molar-refractivity contribution is 6.01. The van der Waals surface area contributed by atoms with E-state index in [1.54, 1.807) is 26.6 Å². The number of ether oxygens (including phenoxy) is 3. The zero-order valence-electron chi connectivity index (χ0n) is 21.1. The molecule has 1 amide bonds. The van der Waals surface area contributed by atoms with Crippen molar-refractivity contribution >= 4 is 22.4 Å². The first-order chi connectivity index (χ1) is 17.5. The molecule has 0 saturated heterocycles. The second-order valence-electron chi connectivity index (χ2n) is 8.35. The van der Waals surface area contributed by atoms with E-state index in [-0.39, 0.29) is 5.91 Å². The van der Waals surface area contributed by atoms with E-state index in [2.05, 4.69) is 17.4 Å². The summed E-state index contributed by atoms with van der Waals surface area (Å²) in [6.45, 7) is 4.89.